The number of aryl methyl sites for hydroxylation is 1. The number of rotatable bonds is 6. The molecule has 0 aliphatic carbocycles. The fraction of sp³-hybridized carbons (Fsp3) is 0.391. The number of nitrogens with zero attached hydrogens (tertiary/aromatic N) is 1. The number of nitrogens with one attached hydrogen (secondary N) is 1. The third-order valence-corrected chi connectivity index (χ3v) is 4.62. The van der Waals surface area contributed by atoms with E-state index in [0.29, 0.717) is 11.6 Å². The Hall–Kier alpha value is -2.33. The zero-order valence-electron chi connectivity index (χ0n) is 17.3. The molecule has 1 atom stereocenters. The Morgan fingerprint density at radius 1 is 1.07 bits per heavy atom. The Labute approximate surface area is 172 Å². The minimum Gasteiger partial charge on any atom is -0.350 e. The second-order valence-electron chi connectivity index (χ2n) is 8.23. The number of hydrogen-bond donors (Lipinski definition) is 1. The van der Waals surface area contributed by atoms with Crippen LogP contribution in [-0.2, 0) is 22.6 Å². The van der Waals surface area contributed by atoms with Crippen molar-refractivity contribution in [3.05, 3.63) is 70.2 Å². The molecule has 0 radical (unpaired) electrons. The summed E-state index contributed by atoms with van der Waals surface area (Å²) < 4.78 is 0. The van der Waals surface area contributed by atoms with Gasteiger partial charge in [0.15, 0.2) is 0 Å². The number of halogens is 1. The average molecular weight is 401 g/mol. The monoisotopic (exact) mass is 400 g/mol. The van der Waals surface area contributed by atoms with Crippen molar-refractivity contribution in [2.45, 2.75) is 59.2 Å². The molecule has 0 unspecified atom stereocenters. The highest BCUT2D eigenvalue weighted by molar-refractivity contribution is 6.30. The summed E-state index contributed by atoms with van der Waals surface area (Å²) in [6.45, 7) is 9.94. The van der Waals surface area contributed by atoms with Gasteiger partial charge in [-0.2, -0.15) is 0 Å². The van der Waals surface area contributed by atoms with E-state index in [-0.39, 0.29) is 23.8 Å². The molecule has 2 rings (SSSR count). The maximum Gasteiger partial charge on any atom is 0.242 e. The zero-order valence-corrected chi connectivity index (χ0v) is 18.0. The zero-order chi connectivity index (χ0) is 20.9. The normalized spacial score (nSPS) is 12.4. The molecule has 0 spiro atoms. The smallest absolute Gasteiger partial charge is 0.242 e. The largest absolute Gasteiger partial charge is 0.350 e. The van der Waals surface area contributed by atoms with Crippen molar-refractivity contribution in [3.8, 4) is 0 Å². The highest BCUT2D eigenvalue weighted by Crippen LogP contribution is 2.16. The van der Waals surface area contributed by atoms with Gasteiger partial charge in [-0.15, -0.1) is 0 Å². The fourth-order valence-corrected chi connectivity index (χ4v) is 3.08. The Kier molecular flexibility index (Phi) is 7.25. The van der Waals surface area contributed by atoms with Gasteiger partial charge in [-0.3, -0.25) is 9.59 Å². The van der Waals surface area contributed by atoms with Gasteiger partial charge in [0, 0.05) is 17.1 Å². The number of carbonyl (C=O) groups is 2. The number of hydrogen-bond acceptors (Lipinski definition) is 2. The van der Waals surface area contributed by atoms with Crippen molar-refractivity contribution >= 4 is 23.4 Å². The van der Waals surface area contributed by atoms with Crippen LogP contribution in [0.1, 0.15) is 44.4 Å². The third kappa shape index (κ3) is 6.68. The first-order chi connectivity index (χ1) is 13.0. The lowest BCUT2D eigenvalue weighted by Crippen LogP contribution is -2.52. The maximum absolute atomic E-state index is 13.1. The molecule has 0 saturated carbocycles. The Morgan fingerprint density at radius 3 is 2.29 bits per heavy atom. The summed E-state index contributed by atoms with van der Waals surface area (Å²) in [5.41, 5.74) is 2.60. The second kappa shape index (κ2) is 9.24. The lowest BCUT2D eigenvalue weighted by molar-refractivity contribution is -0.140. The Bertz CT molecular complexity index is 825. The molecule has 0 bridgehead atoms. The van der Waals surface area contributed by atoms with Gasteiger partial charge in [0.05, 0.1) is 6.42 Å². The fourth-order valence-electron chi connectivity index (χ4n) is 2.87. The van der Waals surface area contributed by atoms with Gasteiger partial charge in [-0.25, -0.2) is 0 Å². The molecule has 0 aliphatic rings. The van der Waals surface area contributed by atoms with Crippen molar-refractivity contribution in [3.63, 3.8) is 0 Å². The summed E-state index contributed by atoms with van der Waals surface area (Å²) in [4.78, 5) is 27.5. The van der Waals surface area contributed by atoms with Crippen molar-refractivity contribution < 1.29 is 9.59 Å². The van der Waals surface area contributed by atoms with E-state index >= 15 is 0 Å². The van der Waals surface area contributed by atoms with Gasteiger partial charge in [0.2, 0.25) is 11.8 Å². The van der Waals surface area contributed by atoms with Crippen LogP contribution in [0, 0.1) is 6.92 Å². The molecule has 4 nitrogen and oxygen atoms in total. The molecule has 0 saturated heterocycles. The SMILES string of the molecule is Cc1ccc(CN(C(=O)Cc2cccc(Cl)c2)[C@H](C)C(=O)NC(C)(C)C)cc1. The lowest BCUT2D eigenvalue weighted by Gasteiger charge is -2.31. The molecular weight excluding hydrogens is 372 g/mol. The van der Waals surface area contributed by atoms with E-state index in [1.54, 1.807) is 24.0 Å². The van der Waals surface area contributed by atoms with E-state index in [1.165, 1.54) is 0 Å². The van der Waals surface area contributed by atoms with Crippen molar-refractivity contribution in [1.82, 2.24) is 10.2 Å². The molecule has 5 heteroatoms. The number of amides is 2. The summed E-state index contributed by atoms with van der Waals surface area (Å²) in [5.74, 6) is -0.279. The number of benzene rings is 2. The highest BCUT2D eigenvalue weighted by Gasteiger charge is 2.28. The van der Waals surface area contributed by atoms with E-state index in [2.05, 4.69) is 5.32 Å². The predicted molar refractivity (Wildman–Crippen MR) is 114 cm³/mol. The molecule has 0 heterocycles. The average Bonchev–Trinajstić information content (AvgIpc) is 2.59. The van der Waals surface area contributed by atoms with Crippen LogP contribution in [0.15, 0.2) is 48.5 Å². The van der Waals surface area contributed by atoms with Crippen LogP contribution in [0.4, 0.5) is 0 Å². The second-order valence-corrected chi connectivity index (χ2v) is 8.67. The molecule has 2 aromatic carbocycles. The van der Waals surface area contributed by atoms with E-state index in [4.69, 9.17) is 11.6 Å². The van der Waals surface area contributed by atoms with E-state index in [0.717, 1.165) is 16.7 Å². The van der Waals surface area contributed by atoms with Crippen LogP contribution < -0.4 is 5.32 Å². The van der Waals surface area contributed by atoms with Gasteiger partial charge in [-0.05, 0) is 57.9 Å². The first kappa shape index (κ1) is 22.0. The van der Waals surface area contributed by atoms with Gasteiger partial charge >= 0.3 is 0 Å². The molecule has 150 valence electrons. The van der Waals surface area contributed by atoms with Crippen LogP contribution in [0.2, 0.25) is 5.02 Å². The molecule has 28 heavy (non-hydrogen) atoms. The van der Waals surface area contributed by atoms with E-state index < -0.39 is 6.04 Å². The minimum absolute atomic E-state index is 0.112. The highest BCUT2D eigenvalue weighted by atomic mass is 35.5. The van der Waals surface area contributed by atoms with Crippen LogP contribution in [0.5, 0.6) is 0 Å². The van der Waals surface area contributed by atoms with Gasteiger partial charge in [-0.1, -0.05) is 53.6 Å². The molecule has 0 aliphatic heterocycles. The molecule has 2 amide bonds. The first-order valence-electron chi connectivity index (χ1n) is 9.46. The Morgan fingerprint density at radius 2 is 1.71 bits per heavy atom. The quantitative estimate of drug-likeness (QED) is 0.774. The van der Waals surface area contributed by atoms with E-state index in [1.807, 2.05) is 64.1 Å². The van der Waals surface area contributed by atoms with Gasteiger partial charge in [0.1, 0.15) is 6.04 Å². The predicted octanol–water partition coefficient (Wildman–Crippen LogP) is 4.52. The molecule has 2 aromatic rings. The Balaban J connectivity index is 2.24. The first-order valence-corrected chi connectivity index (χ1v) is 9.84. The maximum atomic E-state index is 13.1. The molecule has 0 fully saturated rings. The van der Waals surface area contributed by atoms with Crippen LogP contribution in [-0.4, -0.2) is 28.3 Å². The molecule has 1 N–H and O–H groups in total. The summed E-state index contributed by atoms with van der Waals surface area (Å²) in [6, 6.07) is 14.7. The van der Waals surface area contributed by atoms with Crippen LogP contribution in [0.3, 0.4) is 0 Å². The topological polar surface area (TPSA) is 49.4 Å². The van der Waals surface area contributed by atoms with Crippen LogP contribution >= 0.6 is 11.6 Å². The number of carbonyl (C=O) groups excluding carboxylic acids is 2. The molecule has 0 aromatic heterocycles. The van der Waals surface area contributed by atoms with Crippen molar-refractivity contribution in [2.75, 3.05) is 0 Å². The third-order valence-electron chi connectivity index (χ3n) is 4.38. The summed E-state index contributed by atoms with van der Waals surface area (Å²) in [6.07, 6.45) is 0.194. The van der Waals surface area contributed by atoms with Gasteiger partial charge < -0.3 is 10.2 Å². The summed E-state index contributed by atoms with van der Waals surface area (Å²) >= 11 is 6.05. The standard InChI is InChI=1S/C23H29ClN2O2/c1-16-9-11-18(12-10-16)15-26(17(2)22(28)25-23(3,4)5)21(27)14-19-7-6-8-20(24)13-19/h6-13,17H,14-15H2,1-5H3,(H,25,28)/t17-/m1/s1. The van der Waals surface area contributed by atoms with Crippen molar-refractivity contribution in [2.24, 2.45) is 0 Å². The summed E-state index contributed by atoms with van der Waals surface area (Å²) in [7, 11) is 0. The van der Waals surface area contributed by atoms with E-state index in [9.17, 15) is 9.59 Å². The summed E-state index contributed by atoms with van der Waals surface area (Å²) in [5, 5.41) is 3.56. The molecular formula is C23H29ClN2O2. The van der Waals surface area contributed by atoms with Crippen molar-refractivity contribution in [1.29, 1.82) is 0 Å². The van der Waals surface area contributed by atoms with Gasteiger partial charge in [0.25, 0.3) is 0 Å². The lowest BCUT2D eigenvalue weighted by atomic mass is 10.1. The van der Waals surface area contributed by atoms with Crippen LogP contribution in [0.25, 0.3) is 0 Å². The minimum atomic E-state index is -0.591.